The molecular weight excluding hydrogens is 437 g/mol. The van der Waals surface area contributed by atoms with Crippen molar-refractivity contribution in [3.05, 3.63) is 99.0 Å². The third kappa shape index (κ3) is 3.10. The van der Waals surface area contributed by atoms with Crippen LogP contribution in [0.1, 0.15) is 38.8 Å². The highest BCUT2D eigenvalue weighted by atomic mass is 31.0. The average Bonchev–Trinajstić information content (AvgIpc) is 3.02. The summed E-state index contributed by atoms with van der Waals surface area (Å²) in [4.78, 5) is 28.0. The number of aromatic nitrogens is 1. The van der Waals surface area contributed by atoms with Crippen molar-refractivity contribution in [2.75, 3.05) is 24.8 Å². The van der Waals surface area contributed by atoms with Crippen molar-refractivity contribution in [1.29, 1.82) is 0 Å². The monoisotopic (exact) mass is 461 g/mol. The van der Waals surface area contributed by atoms with E-state index in [0.717, 1.165) is 12.8 Å². The Balaban J connectivity index is 1.66. The number of hydrogen-bond acceptors (Lipinski definition) is 5. The van der Waals surface area contributed by atoms with Crippen molar-refractivity contribution in [2.24, 2.45) is 0 Å². The summed E-state index contributed by atoms with van der Waals surface area (Å²) in [6.07, 6.45) is 3.25. The van der Waals surface area contributed by atoms with Crippen molar-refractivity contribution in [3.8, 4) is 5.75 Å². The molecule has 1 amide bonds. The fourth-order valence-electron chi connectivity index (χ4n) is 5.41. The molecule has 0 saturated carbocycles. The smallest absolute Gasteiger partial charge is 0.278 e. The van der Waals surface area contributed by atoms with Crippen molar-refractivity contribution >= 4 is 15.4 Å². The van der Waals surface area contributed by atoms with Crippen LogP contribution in [-0.2, 0) is 17.6 Å². The molecule has 33 heavy (non-hydrogen) atoms. The Hall–Kier alpha value is -3.15. The van der Waals surface area contributed by atoms with E-state index in [0.29, 0.717) is 19.8 Å². The predicted molar refractivity (Wildman–Crippen MR) is 127 cm³/mol. The first-order valence-corrected chi connectivity index (χ1v) is 11.6. The summed E-state index contributed by atoms with van der Waals surface area (Å²) in [6.45, 7) is 1.30. The molecule has 1 fully saturated rings. The molecule has 1 unspecified atom stereocenters. The Bertz CT molecular complexity index is 1260. The third-order valence-corrected chi connectivity index (χ3v) is 7.14. The molecule has 3 aromatic rings. The SMILES string of the molecule is O=C1c2c(OP)c(=O)ccn2N(C2c3ccccc3CCc3ccccc32)[C@@H]2COCCN12. The highest BCUT2D eigenvalue weighted by Crippen LogP contribution is 2.40. The second kappa shape index (κ2) is 8.01. The van der Waals surface area contributed by atoms with Crippen LogP contribution in [0.15, 0.2) is 65.6 Å². The molecule has 2 aromatic carbocycles. The third-order valence-electron chi connectivity index (χ3n) is 6.90. The normalized spacial score (nSPS) is 19.8. The van der Waals surface area contributed by atoms with Gasteiger partial charge in [0.25, 0.3) is 5.91 Å². The van der Waals surface area contributed by atoms with Gasteiger partial charge in [-0.05, 0) is 35.1 Å². The molecule has 1 aromatic heterocycles. The van der Waals surface area contributed by atoms with Crippen molar-refractivity contribution in [3.63, 3.8) is 0 Å². The van der Waals surface area contributed by atoms with Gasteiger partial charge in [-0.25, -0.2) is 0 Å². The molecule has 3 heterocycles. The van der Waals surface area contributed by atoms with Gasteiger partial charge in [0.1, 0.15) is 6.17 Å². The van der Waals surface area contributed by atoms with Crippen LogP contribution >= 0.6 is 9.47 Å². The number of benzene rings is 2. The van der Waals surface area contributed by atoms with Crippen LogP contribution in [0, 0.1) is 0 Å². The fraction of sp³-hybridized carbons (Fsp3) is 0.280. The number of hydrogen-bond donors (Lipinski definition) is 0. The summed E-state index contributed by atoms with van der Waals surface area (Å²) in [5, 5.41) is 2.19. The Morgan fingerprint density at radius 2 is 1.61 bits per heavy atom. The van der Waals surface area contributed by atoms with Crippen molar-refractivity contribution in [2.45, 2.75) is 25.0 Å². The van der Waals surface area contributed by atoms with Crippen LogP contribution in [-0.4, -0.2) is 41.4 Å². The number of amides is 1. The summed E-state index contributed by atoms with van der Waals surface area (Å²) >= 11 is 0. The van der Waals surface area contributed by atoms with Gasteiger partial charge in [-0.2, -0.15) is 0 Å². The first-order valence-electron chi connectivity index (χ1n) is 11.1. The lowest BCUT2D eigenvalue weighted by Gasteiger charge is -2.51. The highest BCUT2D eigenvalue weighted by molar-refractivity contribution is 7.10. The predicted octanol–water partition coefficient (Wildman–Crippen LogP) is 2.66. The van der Waals surface area contributed by atoms with E-state index >= 15 is 0 Å². The van der Waals surface area contributed by atoms with Gasteiger partial charge in [0.2, 0.25) is 11.2 Å². The number of aryl methyl sites for hydroxylation is 2. The van der Waals surface area contributed by atoms with E-state index in [-0.39, 0.29) is 35.0 Å². The summed E-state index contributed by atoms with van der Waals surface area (Å²) < 4.78 is 13.0. The topological polar surface area (TPSA) is 64.0 Å². The largest absolute Gasteiger partial charge is 0.474 e. The first-order chi connectivity index (χ1) is 16.2. The van der Waals surface area contributed by atoms with E-state index in [1.54, 1.807) is 6.20 Å². The minimum Gasteiger partial charge on any atom is -0.474 e. The number of fused-ring (bicyclic) bond motifs is 4. The van der Waals surface area contributed by atoms with Gasteiger partial charge in [-0.1, -0.05) is 48.5 Å². The van der Waals surface area contributed by atoms with Gasteiger partial charge in [0, 0.05) is 18.8 Å². The number of pyridine rings is 1. The molecule has 3 aliphatic rings. The van der Waals surface area contributed by atoms with Gasteiger partial charge in [0.05, 0.1) is 28.7 Å². The Labute approximate surface area is 193 Å². The van der Waals surface area contributed by atoms with E-state index < -0.39 is 0 Å². The second-order valence-corrected chi connectivity index (χ2v) is 8.79. The molecule has 6 rings (SSSR count). The number of rotatable bonds is 2. The number of carbonyl (C=O) groups is 1. The zero-order chi connectivity index (χ0) is 22.5. The molecule has 1 saturated heterocycles. The maximum Gasteiger partial charge on any atom is 0.278 e. The lowest BCUT2D eigenvalue weighted by molar-refractivity contribution is -0.0195. The minimum absolute atomic E-state index is 0.0395. The van der Waals surface area contributed by atoms with Crippen LogP contribution in [0.5, 0.6) is 5.75 Å². The van der Waals surface area contributed by atoms with Crippen LogP contribution in [0.25, 0.3) is 0 Å². The highest BCUT2D eigenvalue weighted by Gasteiger charge is 2.45. The van der Waals surface area contributed by atoms with E-state index in [1.165, 1.54) is 28.3 Å². The average molecular weight is 461 g/mol. The van der Waals surface area contributed by atoms with Crippen LogP contribution in [0.2, 0.25) is 0 Å². The van der Waals surface area contributed by atoms with Crippen LogP contribution in [0.3, 0.4) is 0 Å². The van der Waals surface area contributed by atoms with E-state index in [4.69, 9.17) is 9.26 Å². The van der Waals surface area contributed by atoms with E-state index in [9.17, 15) is 9.59 Å². The molecule has 7 nitrogen and oxygen atoms in total. The molecule has 2 aliphatic heterocycles. The van der Waals surface area contributed by atoms with Gasteiger partial charge in [-0.3, -0.25) is 19.3 Å². The molecule has 168 valence electrons. The maximum atomic E-state index is 13.6. The molecule has 8 heteroatoms. The fourth-order valence-corrected chi connectivity index (χ4v) is 5.64. The van der Waals surface area contributed by atoms with Crippen molar-refractivity contribution < 1.29 is 14.1 Å². The molecular formula is C25H24N3O4P. The summed E-state index contributed by atoms with van der Waals surface area (Å²) in [6, 6.07) is 18.3. The number of ether oxygens (including phenoxy) is 1. The minimum atomic E-state index is -0.321. The van der Waals surface area contributed by atoms with Gasteiger partial charge in [-0.15, -0.1) is 0 Å². The van der Waals surface area contributed by atoms with Crippen LogP contribution in [0.4, 0.5) is 0 Å². The van der Waals surface area contributed by atoms with Gasteiger partial charge >= 0.3 is 0 Å². The number of nitrogens with zero attached hydrogens (tertiary/aromatic N) is 3. The standard InChI is InChI=1S/C25H24N3O4P/c29-20-11-12-27-23(24(20)32-33)25(30)26-13-14-31-15-21(26)28(27)22-18-7-3-1-5-16(18)9-10-17-6-2-4-8-19(17)22/h1-8,11-12,21-22H,9-10,13-15,33H2/t21-/m1/s1. The Morgan fingerprint density at radius 3 is 2.27 bits per heavy atom. The molecule has 0 spiro atoms. The Morgan fingerprint density at radius 1 is 0.939 bits per heavy atom. The maximum absolute atomic E-state index is 13.6. The first kappa shape index (κ1) is 20.5. The van der Waals surface area contributed by atoms with Crippen molar-refractivity contribution in [1.82, 2.24) is 9.58 Å². The molecule has 0 bridgehead atoms. The lowest BCUT2D eigenvalue weighted by Crippen LogP contribution is -2.66. The Kier molecular flexibility index (Phi) is 4.97. The lowest BCUT2D eigenvalue weighted by atomic mass is 9.93. The van der Waals surface area contributed by atoms with E-state index in [1.807, 2.05) is 9.58 Å². The van der Waals surface area contributed by atoms with Crippen LogP contribution < -0.4 is 15.0 Å². The summed E-state index contributed by atoms with van der Waals surface area (Å²) in [7, 11) is 2.11. The van der Waals surface area contributed by atoms with E-state index in [2.05, 4.69) is 63.0 Å². The summed E-state index contributed by atoms with van der Waals surface area (Å²) in [5.74, 6) is -0.178. The quantitative estimate of drug-likeness (QED) is 0.549. The second-order valence-electron chi connectivity index (χ2n) is 8.55. The molecule has 0 radical (unpaired) electrons. The molecule has 2 atom stereocenters. The number of carbonyl (C=O) groups excluding carboxylic acids is 1. The molecule has 0 N–H and O–H groups in total. The van der Waals surface area contributed by atoms with Gasteiger partial charge in [0.15, 0.2) is 5.69 Å². The zero-order valence-electron chi connectivity index (χ0n) is 18.0. The molecule has 1 aliphatic carbocycles. The number of morpholine rings is 1. The zero-order valence-corrected chi connectivity index (χ0v) is 19.2. The summed E-state index contributed by atoms with van der Waals surface area (Å²) in [5.41, 5.74) is 4.88. The van der Waals surface area contributed by atoms with Gasteiger partial charge < -0.3 is 14.2 Å².